The van der Waals surface area contributed by atoms with E-state index in [0.29, 0.717) is 0 Å². The predicted octanol–water partition coefficient (Wildman–Crippen LogP) is 1.65. The fourth-order valence-corrected chi connectivity index (χ4v) is 2.02. The van der Waals surface area contributed by atoms with Gasteiger partial charge in [-0.15, -0.1) is 20.2 Å². The Morgan fingerprint density at radius 3 is 2.06 bits per heavy atom. The largest absolute Gasteiger partial charge is 0.466 e. The quantitative estimate of drug-likeness (QED) is 0.157. The number of carbonyl (C=O) groups excluding carboxylic acids is 3. The van der Waals surface area contributed by atoms with Crippen molar-refractivity contribution in [2.45, 2.75) is 84.2 Å². The normalized spacial score (nSPS) is 13.1. The Hall–Kier alpha value is -3.43. The summed E-state index contributed by atoms with van der Waals surface area (Å²) >= 11 is 0. The summed E-state index contributed by atoms with van der Waals surface area (Å²) in [6.07, 6.45) is -3.27. The molecule has 16 nitrogen and oxygen atoms in total. The van der Waals surface area contributed by atoms with Crippen LogP contribution in [0.4, 0.5) is 4.79 Å². The van der Waals surface area contributed by atoms with Gasteiger partial charge < -0.3 is 24.5 Å². The average molecular weight is 497 g/mol. The molecule has 0 saturated carbocycles. The van der Waals surface area contributed by atoms with Crippen molar-refractivity contribution in [3.8, 4) is 0 Å². The van der Waals surface area contributed by atoms with Gasteiger partial charge in [-0.2, -0.15) is 4.89 Å². The molecular formula is C18H31N3O13. The van der Waals surface area contributed by atoms with Crippen molar-refractivity contribution >= 4 is 18.0 Å². The number of nitrogens with zero attached hydrogens (tertiary/aromatic N) is 2. The second-order valence-corrected chi connectivity index (χ2v) is 8.82. The fourth-order valence-electron chi connectivity index (χ4n) is 2.02. The molecule has 0 aliphatic rings. The van der Waals surface area contributed by atoms with E-state index in [4.69, 9.17) is 14.4 Å². The van der Waals surface area contributed by atoms with Crippen LogP contribution in [0.15, 0.2) is 0 Å². The lowest BCUT2D eigenvalue weighted by molar-refractivity contribution is -0.790. The highest BCUT2D eigenvalue weighted by atomic mass is 17.2. The lowest BCUT2D eigenvalue weighted by Gasteiger charge is -2.24. The standard InChI is InChI=1S/C18H31N3O13/c1-17(2,3)31-15(23)13(19-16(24)33-34-18(4,5)6)7-8-14(22)29-10-9-12(32-21(27)28)11-30-20(25)26/h12-13H,7-11H2,1-6H3,(H,19,24). The maximum absolute atomic E-state index is 12.4. The molecule has 0 saturated heterocycles. The van der Waals surface area contributed by atoms with E-state index >= 15 is 0 Å². The van der Waals surface area contributed by atoms with E-state index in [1.807, 2.05) is 0 Å². The van der Waals surface area contributed by atoms with Gasteiger partial charge in [0, 0.05) is 12.8 Å². The highest BCUT2D eigenvalue weighted by molar-refractivity contribution is 5.82. The molecule has 0 fully saturated rings. The zero-order valence-corrected chi connectivity index (χ0v) is 19.9. The zero-order valence-electron chi connectivity index (χ0n) is 19.9. The van der Waals surface area contributed by atoms with Crippen molar-refractivity contribution < 1.29 is 53.5 Å². The van der Waals surface area contributed by atoms with E-state index in [9.17, 15) is 34.6 Å². The summed E-state index contributed by atoms with van der Waals surface area (Å²) in [5.41, 5.74) is -1.68. The van der Waals surface area contributed by atoms with Crippen molar-refractivity contribution in [3.05, 3.63) is 20.2 Å². The molecule has 0 bridgehead atoms. The fraction of sp³-hybridized carbons (Fsp3) is 0.833. The third-order valence-electron chi connectivity index (χ3n) is 3.29. The summed E-state index contributed by atoms with van der Waals surface area (Å²) in [5, 5.41) is 20.6. The number of rotatable bonds is 14. The minimum absolute atomic E-state index is 0.225. The molecule has 196 valence electrons. The van der Waals surface area contributed by atoms with Crippen LogP contribution in [0, 0.1) is 20.2 Å². The molecule has 0 rings (SSSR count). The first kappa shape index (κ1) is 30.6. The first-order valence-corrected chi connectivity index (χ1v) is 10.1. The van der Waals surface area contributed by atoms with Gasteiger partial charge in [-0.3, -0.25) is 9.68 Å². The van der Waals surface area contributed by atoms with E-state index in [2.05, 4.69) is 19.9 Å². The summed E-state index contributed by atoms with van der Waals surface area (Å²) < 4.78 is 10.1. The van der Waals surface area contributed by atoms with Crippen LogP contribution in [0.3, 0.4) is 0 Å². The summed E-state index contributed by atoms with van der Waals surface area (Å²) in [7, 11) is 0. The summed E-state index contributed by atoms with van der Waals surface area (Å²) in [4.78, 5) is 74.7. The van der Waals surface area contributed by atoms with Gasteiger partial charge in [-0.05, 0) is 48.0 Å². The molecule has 1 N–H and O–H groups in total. The van der Waals surface area contributed by atoms with Crippen LogP contribution in [0.5, 0.6) is 0 Å². The van der Waals surface area contributed by atoms with Crippen molar-refractivity contribution in [1.82, 2.24) is 5.32 Å². The molecular weight excluding hydrogens is 466 g/mol. The van der Waals surface area contributed by atoms with Crippen LogP contribution in [0.2, 0.25) is 0 Å². The van der Waals surface area contributed by atoms with Crippen LogP contribution in [0.1, 0.15) is 60.8 Å². The molecule has 2 atom stereocenters. The van der Waals surface area contributed by atoms with Crippen LogP contribution in [-0.4, -0.2) is 64.8 Å². The SMILES string of the molecule is CC(C)(C)OOC(=O)NC(CCC(=O)OCCC(CO[N+](=O)[O-])O[N+](=O)[O-])C(=O)OC(C)(C)C. The molecule has 1 amide bonds. The molecule has 2 unspecified atom stereocenters. The number of nitrogens with one attached hydrogen (secondary N) is 1. The van der Waals surface area contributed by atoms with Crippen molar-refractivity contribution in [3.63, 3.8) is 0 Å². The Morgan fingerprint density at radius 1 is 0.941 bits per heavy atom. The number of carbonyl (C=O) groups is 3. The van der Waals surface area contributed by atoms with Crippen LogP contribution >= 0.6 is 0 Å². The Kier molecular flexibility index (Phi) is 12.6. The molecule has 0 heterocycles. The van der Waals surface area contributed by atoms with Gasteiger partial charge in [0.25, 0.3) is 10.2 Å². The van der Waals surface area contributed by atoms with Crippen molar-refractivity contribution in [2.75, 3.05) is 13.2 Å². The zero-order chi connectivity index (χ0) is 26.5. The van der Waals surface area contributed by atoms with Gasteiger partial charge in [0.05, 0.1) is 6.61 Å². The minimum atomic E-state index is -1.35. The molecule has 0 aliphatic carbocycles. The smallest absolute Gasteiger partial charge is 0.439 e. The second-order valence-electron chi connectivity index (χ2n) is 8.82. The molecule has 16 heteroatoms. The Bertz CT molecular complexity index is 715. The first-order valence-electron chi connectivity index (χ1n) is 10.1. The number of hydrogen-bond donors (Lipinski definition) is 1. The maximum Gasteiger partial charge on any atom is 0.439 e. The highest BCUT2D eigenvalue weighted by Gasteiger charge is 2.29. The number of esters is 2. The number of amides is 1. The highest BCUT2D eigenvalue weighted by Crippen LogP contribution is 2.13. The monoisotopic (exact) mass is 497 g/mol. The van der Waals surface area contributed by atoms with Gasteiger partial charge >= 0.3 is 18.0 Å². The van der Waals surface area contributed by atoms with Gasteiger partial charge in [0.1, 0.15) is 30.0 Å². The van der Waals surface area contributed by atoms with Crippen LogP contribution in [-0.2, 0) is 38.5 Å². The summed E-state index contributed by atoms with van der Waals surface area (Å²) in [6, 6.07) is -1.28. The number of ether oxygens (including phenoxy) is 2. The molecule has 0 aromatic carbocycles. The Labute approximate surface area is 195 Å². The van der Waals surface area contributed by atoms with Gasteiger partial charge in [0.15, 0.2) is 0 Å². The van der Waals surface area contributed by atoms with Gasteiger partial charge in [-0.25, -0.2) is 9.59 Å². The molecule has 0 spiro atoms. The van der Waals surface area contributed by atoms with E-state index in [1.165, 1.54) is 0 Å². The van der Waals surface area contributed by atoms with E-state index < -0.39 is 58.2 Å². The summed E-state index contributed by atoms with van der Waals surface area (Å²) in [6.45, 7) is 8.61. The van der Waals surface area contributed by atoms with Crippen LogP contribution < -0.4 is 5.32 Å². The van der Waals surface area contributed by atoms with Crippen LogP contribution in [0.25, 0.3) is 0 Å². The second kappa shape index (κ2) is 14.0. The predicted molar refractivity (Wildman–Crippen MR) is 110 cm³/mol. The Balaban J connectivity index is 4.82. The molecule has 34 heavy (non-hydrogen) atoms. The summed E-state index contributed by atoms with van der Waals surface area (Å²) in [5.74, 6) is -1.64. The van der Waals surface area contributed by atoms with E-state index in [1.54, 1.807) is 41.5 Å². The molecule has 0 radical (unpaired) electrons. The third kappa shape index (κ3) is 17.2. The topological polar surface area (TPSA) is 205 Å². The maximum atomic E-state index is 12.4. The van der Waals surface area contributed by atoms with Crippen molar-refractivity contribution in [2.24, 2.45) is 0 Å². The Morgan fingerprint density at radius 2 is 1.56 bits per heavy atom. The lowest BCUT2D eigenvalue weighted by Crippen LogP contribution is -2.45. The molecule has 0 aliphatic heterocycles. The minimum Gasteiger partial charge on any atom is -0.466 e. The average Bonchev–Trinajstić information content (AvgIpc) is 2.65. The van der Waals surface area contributed by atoms with E-state index in [-0.39, 0.29) is 25.9 Å². The first-order chi connectivity index (χ1) is 15.5. The molecule has 0 aromatic rings. The lowest BCUT2D eigenvalue weighted by atomic mass is 10.1. The molecule has 0 aromatic heterocycles. The van der Waals surface area contributed by atoms with Crippen molar-refractivity contribution in [1.29, 1.82) is 0 Å². The van der Waals surface area contributed by atoms with Gasteiger partial charge in [0.2, 0.25) is 0 Å². The van der Waals surface area contributed by atoms with E-state index in [0.717, 1.165) is 0 Å². The van der Waals surface area contributed by atoms with Gasteiger partial charge in [-0.1, -0.05) is 0 Å². The number of hydrogen-bond acceptors (Lipinski definition) is 13. The third-order valence-corrected chi connectivity index (χ3v) is 3.29.